The van der Waals surface area contributed by atoms with E-state index < -0.39 is 6.04 Å². The molecule has 0 aromatic rings. The fraction of sp³-hybridized carbons (Fsp3) is 0.909. The van der Waals surface area contributed by atoms with Crippen molar-refractivity contribution in [1.29, 1.82) is 0 Å². The summed E-state index contributed by atoms with van der Waals surface area (Å²) in [6.07, 6.45) is 1.29. The minimum atomic E-state index is -0.422. The summed E-state index contributed by atoms with van der Waals surface area (Å²) in [5.41, 5.74) is 5.80. The number of nitrogens with two attached hydrogens (primary N) is 1. The van der Waals surface area contributed by atoms with Crippen LogP contribution in [-0.2, 0) is 9.53 Å². The third kappa shape index (κ3) is 3.43. The van der Waals surface area contributed by atoms with Gasteiger partial charge in [-0.1, -0.05) is 13.3 Å². The molecule has 1 heterocycles. The van der Waals surface area contributed by atoms with Gasteiger partial charge in [-0.05, 0) is 13.3 Å². The van der Waals surface area contributed by atoms with E-state index in [2.05, 4.69) is 0 Å². The summed E-state index contributed by atoms with van der Waals surface area (Å²) >= 11 is 0. The van der Waals surface area contributed by atoms with Gasteiger partial charge in [0.25, 0.3) is 0 Å². The summed E-state index contributed by atoms with van der Waals surface area (Å²) in [6, 6.07) is -0.422. The highest BCUT2D eigenvalue weighted by Crippen LogP contribution is 2.12. The van der Waals surface area contributed by atoms with Crippen molar-refractivity contribution in [2.24, 2.45) is 5.73 Å². The van der Waals surface area contributed by atoms with Crippen LogP contribution in [0.1, 0.15) is 26.7 Å². The molecule has 0 aromatic heterocycles. The van der Waals surface area contributed by atoms with Crippen molar-refractivity contribution >= 4 is 5.91 Å². The van der Waals surface area contributed by atoms with E-state index in [-0.39, 0.29) is 24.7 Å². The zero-order chi connectivity index (χ0) is 12.1. The van der Waals surface area contributed by atoms with Crippen molar-refractivity contribution in [1.82, 2.24) is 4.90 Å². The topological polar surface area (TPSA) is 75.8 Å². The van der Waals surface area contributed by atoms with Gasteiger partial charge in [0, 0.05) is 13.1 Å². The molecule has 16 heavy (non-hydrogen) atoms. The number of amides is 1. The molecule has 94 valence electrons. The second-order valence-corrected chi connectivity index (χ2v) is 4.39. The smallest absolute Gasteiger partial charge is 0.239 e. The second-order valence-electron chi connectivity index (χ2n) is 4.39. The number of hydrogen-bond donors (Lipinski definition) is 2. The van der Waals surface area contributed by atoms with E-state index in [4.69, 9.17) is 15.6 Å². The van der Waals surface area contributed by atoms with Gasteiger partial charge in [0.05, 0.1) is 24.9 Å². The zero-order valence-electron chi connectivity index (χ0n) is 10.1. The first-order valence-corrected chi connectivity index (χ1v) is 5.89. The Kier molecular flexibility index (Phi) is 5.18. The lowest BCUT2D eigenvalue weighted by Crippen LogP contribution is -2.54. The standard InChI is InChI=1S/C11H22N2O3/c1-3-4-10(12)11(15)13-5-8(2)16-9(6-13)7-14/h8-10,14H,3-7,12H2,1-2H3/t8?,9?,10-/m1/s1. The van der Waals surface area contributed by atoms with E-state index in [0.717, 1.165) is 6.42 Å². The van der Waals surface area contributed by atoms with Crippen LogP contribution in [0.5, 0.6) is 0 Å². The van der Waals surface area contributed by atoms with Crippen LogP contribution in [0.4, 0.5) is 0 Å². The molecular weight excluding hydrogens is 208 g/mol. The van der Waals surface area contributed by atoms with E-state index in [1.165, 1.54) is 0 Å². The molecule has 0 radical (unpaired) electrons. The Morgan fingerprint density at radius 2 is 2.31 bits per heavy atom. The Balaban J connectivity index is 2.54. The van der Waals surface area contributed by atoms with Gasteiger partial charge in [0.2, 0.25) is 5.91 Å². The predicted octanol–water partition coefficient (Wildman–Crippen LogP) is -0.278. The fourth-order valence-electron chi connectivity index (χ4n) is 2.00. The van der Waals surface area contributed by atoms with Crippen molar-refractivity contribution in [2.75, 3.05) is 19.7 Å². The SMILES string of the molecule is CCC[C@@H](N)C(=O)N1CC(C)OC(CO)C1. The highest BCUT2D eigenvalue weighted by atomic mass is 16.5. The highest BCUT2D eigenvalue weighted by molar-refractivity contribution is 5.81. The molecule has 0 saturated carbocycles. The number of ether oxygens (including phenoxy) is 1. The number of morpholine rings is 1. The minimum absolute atomic E-state index is 0.0320. The van der Waals surface area contributed by atoms with Gasteiger partial charge in [-0.15, -0.1) is 0 Å². The molecule has 3 atom stereocenters. The van der Waals surface area contributed by atoms with Crippen molar-refractivity contribution in [3.63, 3.8) is 0 Å². The van der Waals surface area contributed by atoms with Crippen LogP contribution in [0.15, 0.2) is 0 Å². The van der Waals surface area contributed by atoms with Crippen LogP contribution >= 0.6 is 0 Å². The zero-order valence-corrected chi connectivity index (χ0v) is 10.1. The molecule has 3 N–H and O–H groups in total. The predicted molar refractivity (Wildman–Crippen MR) is 60.9 cm³/mol. The van der Waals surface area contributed by atoms with Gasteiger partial charge < -0.3 is 20.5 Å². The van der Waals surface area contributed by atoms with E-state index in [9.17, 15) is 4.79 Å². The maximum atomic E-state index is 12.0. The Morgan fingerprint density at radius 3 is 2.88 bits per heavy atom. The maximum absolute atomic E-state index is 12.0. The molecule has 1 aliphatic rings. The minimum Gasteiger partial charge on any atom is -0.394 e. The molecule has 1 amide bonds. The van der Waals surface area contributed by atoms with Gasteiger partial charge in [0.1, 0.15) is 0 Å². The molecule has 1 rings (SSSR count). The first kappa shape index (κ1) is 13.4. The van der Waals surface area contributed by atoms with Crippen molar-refractivity contribution in [2.45, 2.75) is 44.9 Å². The molecule has 5 nitrogen and oxygen atoms in total. The molecule has 5 heteroatoms. The Bertz CT molecular complexity index is 235. The Hall–Kier alpha value is -0.650. The molecule has 2 unspecified atom stereocenters. The average molecular weight is 230 g/mol. The molecule has 1 aliphatic heterocycles. The number of aliphatic hydroxyl groups excluding tert-OH is 1. The molecule has 1 fully saturated rings. The van der Waals surface area contributed by atoms with Crippen molar-refractivity contribution in [3.05, 3.63) is 0 Å². The van der Waals surface area contributed by atoms with E-state index in [1.807, 2.05) is 13.8 Å². The maximum Gasteiger partial charge on any atom is 0.239 e. The summed E-state index contributed by atoms with van der Waals surface area (Å²) < 4.78 is 5.47. The highest BCUT2D eigenvalue weighted by Gasteiger charge is 2.30. The van der Waals surface area contributed by atoms with E-state index in [0.29, 0.717) is 19.5 Å². The van der Waals surface area contributed by atoms with Crippen LogP contribution in [-0.4, -0.2) is 53.9 Å². The normalized spacial score (nSPS) is 27.9. The van der Waals surface area contributed by atoms with Crippen molar-refractivity contribution in [3.8, 4) is 0 Å². The van der Waals surface area contributed by atoms with E-state index in [1.54, 1.807) is 4.90 Å². The van der Waals surface area contributed by atoms with Gasteiger partial charge in [-0.3, -0.25) is 4.79 Å². The van der Waals surface area contributed by atoms with Crippen LogP contribution in [0.2, 0.25) is 0 Å². The van der Waals surface area contributed by atoms with Gasteiger partial charge in [-0.2, -0.15) is 0 Å². The quantitative estimate of drug-likeness (QED) is 0.696. The molecule has 0 bridgehead atoms. The van der Waals surface area contributed by atoms with Crippen molar-refractivity contribution < 1.29 is 14.6 Å². The lowest BCUT2D eigenvalue weighted by molar-refractivity contribution is -0.148. The third-order valence-electron chi connectivity index (χ3n) is 2.76. The monoisotopic (exact) mass is 230 g/mol. The lowest BCUT2D eigenvalue weighted by atomic mass is 10.1. The summed E-state index contributed by atoms with van der Waals surface area (Å²) in [5.74, 6) is -0.0320. The lowest BCUT2D eigenvalue weighted by Gasteiger charge is -2.37. The summed E-state index contributed by atoms with van der Waals surface area (Å²) in [7, 11) is 0. The first-order valence-electron chi connectivity index (χ1n) is 5.89. The van der Waals surface area contributed by atoms with Crippen LogP contribution in [0.3, 0.4) is 0 Å². The van der Waals surface area contributed by atoms with Gasteiger partial charge in [-0.25, -0.2) is 0 Å². The van der Waals surface area contributed by atoms with Crippen LogP contribution in [0, 0.1) is 0 Å². The second kappa shape index (κ2) is 6.18. The fourth-order valence-corrected chi connectivity index (χ4v) is 2.00. The largest absolute Gasteiger partial charge is 0.394 e. The third-order valence-corrected chi connectivity index (χ3v) is 2.76. The Labute approximate surface area is 96.6 Å². The van der Waals surface area contributed by atoms with Crippen LogP contribution in [0.25, 0.3) is 0 Å². The van der Waals surface area contributed by atoms with Gasteiger partial charge >= 0.3 is 0 Å². The first-order chi connectivity index (χ1) is 7.58. The van der Waals surface area contributed by atoms with Crippen LogP contribution < -0.4 is 5.73 Å². The number of carbonyl (C=O) groups is 1. The molecular formula is C11H22N2O3. The number of hydrogen-bond acceptors (Lipinski definition) is 4. The molecule has 0 aliphatic carbocycles. The number of carbonyl (C=O) groups excluding carboxylic acids is 1. The number of aliphatic hydroxyl groups is 1. The summed E-state index contributed by atoms with van der Waals surface area (Å²) in [4.78, 5) is 13.7. The molecule has 0 aromatic carbocycles. The number of nitrogens with zero attached hydrogens (tertiary/aromatic N) is 1. The molecule has 0 spiro atoms. The number of rotatable bonds is 4. The average Bonchev–Trinajstić information content (AvgIpc) is 2.27. The summed E-state index contributed by atoms with van der Waals surface area (Å²) in [6.45, 7) is 4.85. The Morgan fingerprint density at radius 1 is 1.62 bits per heavy atom. The van der Waals surface area contributed by atoms with Gasteiger partial charge in [0.15, 0.2) is 0 Å². The molecule has 1 saturated heterocycles. The summed E-state index contributed by atoms with van der Waals surface area (Å²) in [5, 5.41) is 9.06. The van der Waals surface area contributed by atoms with E-state index >= 15 is 0 Å².